The lowest BCUT2D eigenvalue weighted by Crippen LogP contribution is -2.30. The van der Waals surface area contributed by atoms with Gasteiger partial charge in [-0.1, -0.05) is 0 Å². The van der Waals surface area contributed by atoms with E-state index in [9.17, 15) is 14.4 Å². The van der Waals surface area contributed by atoms with E-state index in [0.29, 0.717) is 17.1 Å². The van der Waals surface area contributed by atoms with Gasteiger partial charge in [0, 0.05) is 24.7 Å². The first-order valence-corrected chi connectivity index (χ1v) is 10.5. The zero-order valence-electron chi connectivity index (χ0n) is 18.7. The highest BCUT2D eigenvalue weighted by Gasteiger charge is 2.35. The minimum Gasteiger partial charge on any atom is -0.496 e. The number of anilines is 1. The minimum atomic E-state index is -0.641. The highest BCUT2D eigenvalue weighted by atomic mass is 16.5. The monoisotopic (exact) mass is 455 g/mol. The number of hydrogen-bond donors (Lipinski definition) is 1. The van der Waals surface area contributed by atoms with Gasteiger partial charge >= 0.3 is 12.0 Å². The van der Waals surface area contributed by atoms with E-state index in [1.807, 2.05) is 6.07 Å². The van der Waals surface area contributed by atoms with Gasteiger partial charge in [-0.25, -0.2) is 9.59 Å². The van der Waals surface area contributed by atoms with Crippen LogP contribution in [0.15, 0.2) is 34.4 Å². The van der Waals surface area contributed by atoms with Crippen LogP contribution in [0.4, 0.5) is 10.5 Å². The van der Waals surface area contributed by atoms with Gasteiger partial charge in [0.1, 0.15) is 23.0 Å². The van der Waals surface area contributed by atoms with Crippen molar-refractivity contribution in [3.63, 3.8) is 0 Å². The molecule has 0 atom stereocenters. The largest absolute Gasteiger partial charge is 0.496 e. The first-order chi connectivity index (χ1) is 15.9. The number of methoxy groups -OCH3 is 3. The van der Waals surface area contributed by atoms with Crippen LogP contribution < -0.4 is 19.7 Å². The smallest absolute Gasteiger partial charge is 0.373 e. The van der Waals surface area contributed by atoms with Crippen LogP contribution in [0.2, 0.25) is 0 Å². The van der Waals surface area contributed by atoms with Crippen molar-refractivity contribution < 1.29 is 33.0 Å². The standard InChI is InChI=1S/C23H25N3O7/c1-30-19-12-17(25-8-4-5-9-25)20(31-2)11-14(19)10-16-21(27)26(23(29)24-16)13-15-6-7-18(33-15)22(28)32-3/h6-7,10-12H,4-5,8-9,13H2,1-3H3,(H,24,29)/b16-10-. The Morgan fingerprint density at radius 2 is 1.82 bits per heavy atom. The Bertz CT molecular complexity index is 1120. The van der Waals surface area contributed by atoms with Crippen molar-refractivity contribution in [2.75, 3.05) is 39.3 Å². The molecule has 0 unspecified atom stereocenters. The van der Waals surface area contributed by atoms with Crippen molar-refractivity contribution in [2.24, 2.45) is 0 Å². The van der Waals surface area contributed by atoms with Gasteiger partial charge in [-0.05, 0) is 37.1 Å². The molecule has 0 saturated carbocycles. The molecule has 174 valence electrons. The van der Waals surface area contributed by atoms with E-state index < -0.39 is 17.9 Å². The van der Waals surface area contributed by atoms with Gasteiger partial charge < -0.3 is 28.8 Å². The fourth-order valence-corrected chi connectivity index (χ4v) is 3.92. The SMILES string of the molecule is COC(=O)c1ccc(CN2C(=O)N/C(=C\c3cc(OC)c(N4CCCC4)cc3OC)C2=O)o1. The molecule has 2 fully saturated rings. The summed E-state index contributed by atoms with van der Waals surface area (Å²) in [5.74, 6) is 0.307. The molecule has 0 bridgehead atoms. The normalized spacial score (nSPS) is 17.0. The topological polar surface area (TPSA) is 111 Å². The van der Waals surface area contributed by atoms with Crippen LogP contribution in [0, 0.1) is 0 Å². The molecule has 3 heterocycles. The number of furan rings is 1. The van der Waals surface area contributed by atoms with Gasteiger partial charge in [0.15, 0.2) is 0 Å². The third-order valence-corrected chi connectivity index (χ3v) is 5.60. The summed E-state index contributed by atoms with van der Waals surface area (Å²) in [6, 6.07) is 6.01. The van der Waals surface area contributed by atoms with E-state index in [1.54, 1.807) is 26.4 Å². The van der Waals surface area contributed by atoms with Crippen molar-refractivity contribution in [1.82, 2.24) is 10.2 Å². The van der Waals surface area contributed by atoms with E-state index in [-0.39, 0.29) is 23.8 Å². The summed E-state index contributed by atoms with van der Waals surface area (Å²) < 4.78 is 21.1. The molecule has 1 aromatic heterocycles. The molecule has 3 amide bonds. The van der Waals surface area contributed by atoms with Gasteiger partial charge in [0.2, 0.25) is 5.76 Å². The summed E-state index contributed by atoms with van der Waals surface area (Å²) in [6.07, 6.45) is 3.78. The van der Waals surface area contributed by atoms with E-state index in [1.165, 1.54) is 19.2 Å². The number of imide groups is 1. The number of hydrogen-bond acceptors (Lipinski definition) is 8. The molecule has 10 heteroatoms. The van der Waals surface area contributed by atoms with Crippen LogP contribution >= 0.6 is 0 Å². The summed E-state index contributed by atoms with van der Waals surface area (Å²) >= 11 is 0. The van der Waals surface area contributed by atoms with Crippen LogP contribution in [0.25, 0.3) is 6.08 Å². The molecule has 0 radical (unpaired) electrons. The second kappa shape index (κ2) is 9.27. The first kappa shape index (κ1) is 22.3. The van der Waals surface area contributed by atoms with Gasteiger partial charge in [-0.3, -0.25) is 9.69 Å². The van der Waals surface area contributed by atoms with Gasteiger partial charge in [0.05, 0.1) is 33.6 Å². The third kappa shape index (κ3) is 4.36. The van der Waals surface area contributed by atoms with Gasteiger partial charge in [-0.15, -0.1) is 0 Å². The van der Waals surface area contributed by atoms with Crippen LogP contribution in [0.5, 0.6) is 11.5 Å². The molecule has 2 aliphatic heterocycles. The van der Waals surface area contributed by atoms with Crippen molar-refractivity contribution in [3.8, 4) is 11.5 Å². The first-order valence-electron chi connectivity index (χ1n) is 10.5. The molecule has 10 nitrogen and oxygen atoms in total. The van der Waals surface area contributed by atoms with Gasteiger partial charge in [0.25, 0.3) is 5.91 Å². The molecule has 0 aliphatic carbocycles. The fourth-order valence-electron chi connectivity index (χ4n) is 3.92. The summed E-state index contributed by atoms with van der Waals surface area (Å²) in [4.78, 5) is 40.1. The number of nitrogens with zero attached hydrogens (tertiary/aromatic N) is 2. The lowest BCUT2D eigenvalue weighted by Gasteiger charge is -2.22. The predicted molar refractivity (Wildman–Crippen MR) is 118 cm³/mol. The van der Waals surface area contributed by atoms with E-state index in [2.05, 4.69) is 15.0 Å². The molecule has 1 aromatic carbocycles. The van der Waals surface area contributed by atoms with E-state index >= 15 is 0 Å². The molecule has 2 saturated heterocycles. The third-order valence-electron chi connectivity index (χ3n) is 5.60. The number of nitrogens with one attached hydrogen (secondary N) is 1. The average molecular weight is 455 g/mol. The average Bonchev–Trinajstić information content (AvgIpc) is 3.57. The molecule has 2 aromatic rings. The van der Waals surface area contributed by atoms with Crippen LogP contribution in [-0.2, 0) is 16.1 Å². The number of urea groups is 1. The Morgan fingerprint density at radius 1 is 1.09 bits per heavy atom. The number of carbonyl (C=O) groups excluding carboxylic acids is 3. The number of ether oxygens (including phenoxy) is 3. The maximum Gasteiger partial charge on any atom is 0.373 e. The molecular formula is C23H25N3O7. The number of esters is 1. The zero-order chi connectivity index (χ0) is 23.5. The quantitative estimate of drug-likeness (QED) is 0.386. The molecule has 33 heavy (non-hydrogen) atoms. The van der Waals surface area contributed by atoms with Crippen LogP contribution in [-0.4, -0.2) is 57.2 Å². The molecular weight excluding hydrogens is 430 g/mol. The highest BCUT2D eigenvalue weighted by Crippen LogP contribution is 2.38. The van der Waals surface area contributed by atoms with Crippen molar-refractivity contribution >= 4 is 29.7 Å². The zero-order valence-corrected chi connectivity index (χ0v) is 18.7. The summed E-state index contributed by atoms with van der Waals surface area (Å²) in [5, 5.41) is 2.58. The van der Waals surface area contributed by atoms with E-state index in [0.717, 1.165) is 36.5 Å². The lowest BCUT2D eigenvalue weighted by atomic mass is 10.1. The summed E-state index contributed by atoms with van der Waals surface area (Å²) in [5.41, 5.74) is 1.61. The van der Waals surface area contributed by atoms with Crippen molar-refractivity contribution in [1.29, 1.82) is 0 Å². The number of benzene rings is 1. The Kier molecular flexibility index (Phi) is 6.25. The molecule has 1 N–H and O–H groups in total. The highest BCUT2D eigenvalue weighted by molar-refractivity contribution is 6.14. The van der Waals surface area contributed by atoms with Crippen LogP contribution in [0.3, 0.4) is 0 Å². The predicted octanol–water partition coefficient (Wildman–Crippen LogP) is 2.78. The summed E-state index contributed by atoms with van der Waals surface area (Å²) in [7, 11) is 4.38. The van der Waals surface area contributed by atoms with E-state index in [4.69, 9.17) is 13.9 Å². The second-order valence-corrected chi connectivity index (χ2v) is 7.60. The summed E-state index contributed by atoms with van der Waals surface area (Å²) in [6.45, 7) is 1.75. The lowest BCUT2D eigenvalue weighted by molar-refractivity contribution is -0.123. The maximum atomic E-state index is 12.9. The maximum absolute atomic E-state index is 12.9. The molecule has 4 rings (SSSR count). The molecule has 2 aliphatic rings. The minimum absolute atomic E-state index is 0.00903. The second-order valence-electron chi connectivity index (χ2n) is 7.60. The Labute approximate surface area is 190 Å². The Hall–Kier alpha value is -3.95. The number of carbonyl (C=O) groups is 3. The van der Waals surface area contributed by atoms with Crippen LogP contribution in [0.1, 0.15) is 34.7 Å². The fraction of sp³-hybridized carbons (Fsp3) is 0.348. The Balaban J connectivity index is 1.59. The number of rotatable bonds is 7. The Morgan fingerprint density at radius 3 is 2.48 bits per heavy atom. The molecule has 0 spiro atoms. The van der Waals surface area contributed by atoms with Gasteiger partial charge in [-0.2, -0.15) is 0 Å². The van der Waals surface area contributed by atoms with Crippen molar-refractivity contribution in [3.05, 3.63) is 47.0 Å². The van der Waals surface area contributed by atoms with Crippen molar-refractivity contribution in [2.45, 2.75) is 19.4 Å². The number of amides is 3.